The molecule has 2 heterocycles. The summed E-state index contributed by atoms with van der Waals surface area (Å²) in [6, 6.07) is 1.02. The van der Waals surface area contributed by atoms with Gasteiger partial charge < -0.3 is 10.2 Å². The highest BCUT2D eigenvalue weighted by atomic mass is 16.2. The second kappa shape index (κ2) is 8.28. The number of carbonyl (C=O) groups is 2. The maximum atomic E-state index is 12.7. The zero-order valence-electron chi connectivity index (χ0n) is 16.1. The zero-order valence-corrected chi connectivity index (χ0v) is 16.1. The molecule has 0 aromatic rings. The monoisotopic (exact) mass is 361 g/mol. The van der Waals surface area contributed by atoms with Crippen molar-refractivity contribution in [3.05, 3.63) is 0 Å². The summed E-state index contributed by atoms with van der Waals surface area (Å²) in [6.07, 6.45) is 12.6. The largest absolute Gasteiger partial charge is 0.353 e. The standard InChI is InChI=1S/C21H35N3O2/c25-20(22-18-8-9-18)17-7-4-12-24(15-17)19-10-13-23(14-11-19)21(26)16-5-2-1-3-6-16/h16-19H,1-15H2,(H,22,25)/t17-/m0/s1. The fourth-order valence-corrected chi connectivity index (χ4v) is 5.16. The van der Waals surface area contributed by atoms with Crippen LogP contribution >= 0.6 is 0 Å². The summed E-state index contributed by atoms with van der Waals surface area (Å²) < 4.78 is 0. The Kier molecular flexibility index (Phi) is 5.82. The van der Waals surface area contributed by atoms with Gasteiger partial charge in [-0.2, -0.15) is 0 Å². The predicted molar refractivity (Wildman–Crippen MR) is 102 cm³/mol. The van der Waals surface area contributed by atoms with Crippen molar-refractivity contribution in [2.45, 2.75) is 82.7 Å². The third kappa shape index (κ3) is 4.41. The molecule has 5 nitrogen and oxygen atoms in total. The molecule has 26 heavy (non-hydrogen) atoms. The van der Waals surface area contributed by atoms with Crippen LogP contribution in [-0.4, -0.2) is 59.9 Å². The van der Waals surface area contributed by atoms with Crippen LogP contribution in [0, 0.1) is 11.8 Å². The van der Waals surface area contributed by atoms with Crippen LogP contribution in [0.2, 0.25) is 0 Å². The smallest absolute Gasteiger partial charge is 0.225 e. The lowest BCUT2D eigenvalue weighted by Crippen LogP contribution is -2.52. The number of hydrogen-bond acceptors (Lipinski definition) is 3. The lowest BCUT2D eigenvalue weighted by molar-refractivity contribution is -0.138. The number of carbonyl (C=O) groups excluding carboxylic acids is 2. The summed E-state index contributed by atoms with van der Waals surface area (Å²) in [6.45, 7) is 3.86. The average molecular weight is 362 g/mol. The van der Waals surface area contributed by atoms with Gasteiger partial charge in [-0.25, -0.2) is 0 Å². The van der Waals surface area contributed by atoms with Gasteiger partial charge in [0.15, 0.2) is 0 Å². The van der Waals surface area contributed by atoms with E-state index in [1.165, 1.54) is 19.3 Å². The quantitative estimate of drug-likeness (QED) is 0.837. The number of rotatable bonds is 4. The highest BCUT2D eigenvalue weighted by Gasteiger charge is 2.35. The van der Waals surface area contributed by atoms with Crippen molar-refractivity contribution < 1.29 is 9.59 Å². The third-order valence-electron chi connectivity index (χ3n) is 6.99. The molecule has 4 rings (SSSR count). The number of nitrogens with zero attached hydrogens (tertiary/aromatic N) is 2. The molecule has 0 spiro atoms. The average Bonchev–Trinajstić information content (AvgIpc) is 3.52. The van der Waals surface area contributed by atoms with Crippen molar-refractivity contribution in [1.29, 1.82) is 0 Å². The van der Waals surface area contributed by atoms with E-state index in [4.69, 9.17) is 0 Å². The maximum Gasteiger partial charge on any atom is 0.225 e. The second-order valence-electron chi connectivity index (χ2n) is 9.01. The molecule has 4 fully saturated rings. The maximum absolute atomic E-state index is 12.7. The highest BCUT2D eigenvalue weighted by Crippen LogP contribution is 2.29. The molecule has 5 heteroatoms. The minimum Gasteiger partial charge on any atom is -0.353 e. The van der Waals surface area contributed by atoms with Gasteiger partial charge in [-0.3, -0.25) is 14.5 Å². The van der Waals surface area contributed by atoms with Gasteiger partial charge in [0.1, 0.15) is 0 Å². The van der Waals surface area contributed by atoms with Gasteiger partial charge in [-0.15, -0.1) is 0 Å². The first-order chi connectivity index (χ1) is 12.7. The molecule has 1 atom stereocenters. The van der Waals surface area contributed by atoms with Crippen LogP contribution in [0.4, 0.5) is 0 Å². The van der Waals surface area contributed by atoms with Crippen LogP contribution < -0.4 is 5.32 Å². The lowest BCUT2D eigenvalue weighted by Gasteiger charge is -2.42. The van der Waals surface area contributed by atoms with Gasteiger partial charge in [0, 0.05) is 37.6 Å². The Morgan fingerprint density at radius 1 is 0.731 bits per heavy atom. The van der Waals surface area contributed by atoms with Crippen molar-refractivity contribution in [3.8, 4) is 0 Å². The van der Waals surface area contributed by atoms with E-state index in [1.807, 2.05) is 0 Å². The predicted octanol–water partition coefficient (Wildman–Crippen LogP) is 2.55. The number of amides is 2. The number of hydrogen-bond donors (Lipinski definition) is 1. The van der Waals surface area contributed by atoms with E-state index in [-0.39, 0.29) is 11.8 Å². The number of nitrogens with one attached hydrogen (secondary N) is 1. The van der Waals surface area contributed by atoms with Crippen LogP contribution in [0.3, 0.4) is 0 Å². The Balaban J connectivity index is 1.24. The van der Waals surface area contributed by atoms with Gasteiger partial charge in [0.05, 0.1) is 5.92 Å². The molecule has 0 aromatic carbocycles. The van der Waals surface area contributed by atoms with Crippen molar-refractivity contribution in [1.82, 2.24) is 15.1 Å². The Hall–Kier alpha value is -1.10. The van der Waals surface area contributed by atoms with E-state index >= 15 is 0 Å². The molecule has 2 amide bonds. The number of piperidine rings is 2. The van der Waals surface area contributed by atoms with Crippen molar-refractivity contribution >= 4 is 11.8 Å². The Morgan fingerprint density at radius 3 is 2.12 bits per heavy atom. The molecule has 4 aliphatic rings. The lowest BCUT2D eigenvalue weighted by atomic mass is 9.87. The van der Waals surface area contributed by atoms with Gasteiger partial charge in [0.25, 0.3) is 0 Å². The molecule has 0 bridgehead atoms. The van der Waals surface area contributed by atoms with Crippen LogP contribution in [0.25, 0.3) is 0 Å². The first-order valence-corrected chi connectivity index (χ1v) is 11.0. The normalized spacial score (nSPS) is 29.5. The molecule has 1 N–H and O–H groups in total. The van der Waals surface area contributed by atoms with Gasteiger partial charge in [0.2, 0.25) is 11.8 Å². The summed E-state index contributed by atoms with van der Waals surface area (Å²) in [5, 5.41) is 3.19. The Bertz CT molecular complexity index is 505. The van der Waals surface area contributed by atoms with E-state index in [2.05, 4.69) is 15.1 Å². The summed E-state index contributed by atoms with van der Waals surface area (Å²) in [4.78, 5) is 29.8. The molecule has 0 aromatic heterocycles. The van der Waals surface area contributed by atoms with Gasteiger partial charge >= 0.3 is 0 Å². The molecular formula is C21H35N3O2. The van der Waals surface area contributed by atoms with E-state index < -0.39 is 0 Å². The van der Waals surface area contributed by atoms with E-state index in [1.54, 1.807) is 0 Å². The summed E-state index contributed by atoms with van der Waals surface area (Å²) in [7, 11) is 0. The van der Waals surface area contributed by atoms with Crippen LogP contribution in [0.5, 0.6) is 0 Å². The van der Waals surface area contributed by atoms with E-state index in [9.17, 15) is 9.59 Å². The highest BCUT2D eigenvalue weighted by molar-refractivity contribution is 5.80. The van der Waals surface area contributed by atoms with E-state index in [0.717, 1.165) is 77.5 Å². The first kappa shape index (κ1) is 18.3. The SMILES string of the molecule is O=C(NC1CC1)[C@H]1CCCN(C2CCN(C(=O)C3CCCCC3)CC2)C1. The molecule has 0 unspecified atom stereocenters. The second-order valence-corrected chi connectivity index (χ2v) is 9.01. The summed E-state index contributed by atoms with van der Waals surface area (Å²) >= 11 is 0. The molecule has 2 saturated carbocycles. The molecule has 2 aliphatic heterocycles. The summed E-state index contributed by atoms with van der Waals surface area (Å²) in [5.41, 5.74) is 0. The molecule has 0 radical (unpaired) electrons. The topological polar surface area (TPSA) is 52.7 Å². The Labute approximate surface area is 157 Å². The minimum absolute atomic E-state index is 0.172. The fourth-order valence-electron chi connectivity index (χ4n) is 5.16. The molecular weight excluding hydrogens is 326 g/mol. The van der Waals surface area contributed by atoms with Crippen LogP contribution in [0.15, 0.2) is 0 Å². The number of likely N-dealkylation sites (tertiary alicyclic amines) is 2. The molecule has 2 aliphatic carbocycles. The van der Waals surface area contributed by atoms with Gasteiger partial charge in [-0.1, -0.05) is 19.3 Å². The van der Waals surface area contributed by atoms with E-state index in [0.29, 0.717) is 23.9 Å². The first-order valence-electron chi connectivity index (χ1n) is 11.0. The van der Waals surface area contributed by atoms with Gasteiger partial charge in [-0.05, 0) is 57.9 Å². The van der Waals surface area contributed by atoms with Crippen LogP contribution in [-0.2, 0) is 9.59 Å². The zero-order chi connectivity index (χ0) is 17.9. The van der Waals surface area contributed by atoms with Crippen molar-refractivity contribution in [2.24, 2.45) is 11.8 Å². The molecule has 146 valence electrons. The summed E-state index contributed by atoms with van der Waals surface area (Å²) in [5.74, 6) is 1.17. The minimum atomic E-state index is 0.172. The third-order valence-corrected chi connectivity index (χ3v) is 6.99. The van der Waals surface area contributed by atoms with Crippen molar-refractivity contribution in [2.75, 3.05) is 26.2 Å². The Morgan fingerprint density at radius 2 is 1.42 bits per heavy atom. The molecule has 2 saturated heterocycles. The fraction of sp³-hybridized carbons (Fsp3) is 0.905. The van der Waals surface area contributed by atoms with Crippen LogP contribution in [0.1, 0.15) is 70.6 Å². The van der Waals surface area contributed by atoms with Crippen molar-refractivity contribution in [3.63, 3.8) is 0 Å².